The number of aryl methyl sites for hydroxylation is 3. The molecule has 0 fully saturated rings. The standard InChI is InChI=1S/C36H36O5/c1-20(2)27-18-30(23(6)16-32(27)37)36(29-14-9-8-13-26(29)35(39)41-36)31-19-28(21(3)4)33(17-24(31)7)40-34(38)25-12-10-11-22(5)15-25/h8-21,37H,1-7H3. The third-order valence-corrected chi connectivity index (χ3v) is 7.96. The summed E-state index contributed by atoms with van der Waals surface area (Å²) in [5.74, 6) is -0.0795. The minimum absolute atomic E-state index is 0.00574. The highest BCUT2D eigenvalue weighted by atomic mass is 16.6. The second-order valence-electron chi connectivity index (χ2n) is 11.6. The van der Waals surface area contributed by atoms with Crippen molar-refractivity contribution in [2.24, 2.45) is 0 Å². The molecule has 0 saturated heterocycles. The summed E-state index contributed by atoms with van der Waals surface area (Å²) in [5.41, 5.74) is 6.26. The number of rotatable bonds is 6. The predicted octanol–water partition coefficient (Wildman–Crippen LogP) is 8.25. The van der Waals surface area contributed by atoms with Crippen LogP contribution in [-0.2, 0) is 10.3 Å². The van der Waals surface area contributed by atoms with Crippen LogP contribution < -0.4 is 4.74 Å². The summed E-state index contributed by atoms with van der Waals surface area (Å²) < 4.78 is 12.4. The Kier molecular flexibility index (Phi) is 7.24. The van der Waals surface area contributed by atoms with Crippen LogP contribution in [0, 0.1) is 20.8 Å². The Bertz CT molecular complexity index is 1680. The number of cyclic esters (lactones) is 1. The second kappa shape index (κ2) is 10.5. The van der Waals surface area contributed by atoms with Crippen molar-refractivity contribution in [3.8, 4) is 11.5 Å². The molecule has 1 aliphatic rings. The first kappa shape index (κ1) is 28.2. The van der Waals surface area contributed by atoms with Crippen LogP contribution in [-0.4, -0.2) is 17.0 Å². The maximum absolute atomic E-state index is 13.4. The van der Waals surface area contributed by atoms with Gasteiger partial charge in [-0.05, 0) is 97.3 Å². The minimum Gasteiger partial charge on any atom is -0.508 e. The van der Waals surface area contributed by atoms with E-state index in [1.807, 2.05) is 103 Å². The zero-order valence-electron chi connectivity index (χ0n) is 24.7. The van der Waals surface area contributed by atoms with E-state index in [-0.39, 0.29) is 17.6 Å². The molecule has 1 unspecified atom stereocenters. The van der Waals surface area contributed by atoms with Crippen LogP contribution in [0.3, 0.4) is 0 Å². The van der Waals surface area contributed by atoms with E-state index < -0.39 is 17.5 Å². The molecule has 0 bridgehead atoms. The minimum atomic E-state index is -1.25. The Morgan fingerprint density at radius 1 is 0.780 bits per heavy atom. The number of carbonyl (C=O) groups excluding carboxylic acids is 2. The van der Waals surface area contributed by atoms with Crippen LogP contribution in [0.5, 0.6) is 11.5 Å². The summed E-state index contributed by atoms with van der Waals surface area (Å²) in [6, 6.07) is 22.4. The van der Waals surface area contributed by atoms with Gasteiger partial charge in [0.15, 0.2) is 5.60 Å². The fourth-order valence-corrected chi connectivity index (χ4v) is 5.86. The lowest BCUT2D eigenvalue weighted by atomic mass is 9.74. The van der Waals surface area contributed by atoms with Crippen LogP contribution in [0.4, 0.5) is 0 Å². The first-order chi connectivity index (χ1) is 19.4. The molecule has 5 nitrogen and oxygen atoms in total. The fourth-order valence-electron chi connectivity index (χ4n) is 5.86. The van der Waals surface area contributed by atoms with Gasteiger partial charge in [0.25, 0.3) is 0 Å². The first-order valence-corrected chi connectivity index (χ1v) is 14.0. The van der Waals surface area contributed by atoms with Gasteiger partial charge in [-0.1, -0.05) is 63.6 Å². The van der Waals surface area contributed by atoms with Gasteiger partial charge in [0.2, 0.25) is 0 Å². The number of phenolic OH excluding ortho intramolecular Hbond substituents is 1. The smallest absolute Gasteiger partial charge is 0.343 e. The van der Waals surface area contributed by atoms with Gasteiger partial charge >= 0.3 is 11.9 Å². The van der Waals surface area contributed by atoms with Crippen molar-refractivity contribution in [3.05, 3.63) is 128 Å². The van der Waals surface area contributed by atoms with E-state index in [2.05, 4.69) is 0 Å². The van der Waals surface area contributed by atoms with Gasteiger partial charge in [0.1, 0.15) is 11.5 Å². The molecule has 1 atom stereocenters. The summed E-state index contributed by atoms with van der Waals surface area (Å²) in [6.45, 7) is 13.9. The summed E-state index contributed by atoms with van der Waals surface area (Å²) >= 11 is 0. The molecule has 41 heavy (non-hydrogen) atoms. The molecular formula is C36H36O5. The molecule has 5 heteroatoms. The highest BCUT2D eigenvalue weighted by molar-refractivity contribution is 5.96. The highest BCUT2D eigenvalue weighted by Crippen LogP contribution is 2.51. The normalized spacial score (nSPS) is 16.2. The molecule has 5 rings (SSSR count). The van der Waals surface area contributed by atoms with E-state index in [0.717, 1.165) is 44.5 Å². The van der Waals surface area contributed by atoms with Crippen LogP contribution in [0.25, 0.3) is 0 Å². The molecule has 0 spiro atoms. The largest absolute Gasteiger partial charge is 0.508 e. The second-order valence-corrected chi connectivity index (χ2v) is 11.6. The fraction of sp³-hybridized carbons (Fsp3) is 0.278. The first-order valence-electron chi connectivity index (χ1n) is 14.0. The topological polar surface area (TPSA) is 72.8 Å². The average molecular weight is 549 g/mol. The molecule has 0 amide bonds. The molecule has 1 heterocycles. The molecule has 210 valence electrons. The maximum Gasteiger partial charge on any atom is 0.343 e. The van der Waals surface area contributed by atoms with Gasteiger partial charge in [-0.25, -0.2) is 9.59 Å². The van der Waals surface area contributed by atoms with Crippen LogP contribution in [0.15, 0.2) is 72.8 Å². The summed E-state index contributed by atoms with van der Waals surface area (Å²) in [6.07, 6.45) is 0. The van der Waals surface area contributed by atoms with Gasteiger partial charge < -0.3 is 14.6 Å². The van der Waals surface area contributed by atoms with Gasteiger partial charge in [0, 0.05) is 16.7 Å². The highest BCUT2D eigenvalue weighted by Gasteiger charge is 2.50. The van der Waals surface area contributed by atoms with Gasteiger partial charge in [-0.15, -0.1) is 0 Å². The van der Waals surface area contributed by atoms with Crippen molar-refractivity contribution < 1.29 is 24.2 Å². The van der Waals surface area contributed by atoms with Crippen molar-refractivity contribution in [2.75, 3.05) is 0 Å². The molecule has 1 aliphatic heterocycles. The zero-order valence-corrected chi connectivity index (χ0v) is 24.7. The Hall–Kier alpha value is -4.38. The number of benzene rings is 4. The lowest BCUT2D eigenvalue weighted by Crippen LogP contribution is -2.32. The van der Waals surface area contributed by atoms with Gasteiger partial charge in [-0.2, -0.15) is 0 Å². The summed E-state index contributed by atoms with van der Waals surface area (Å²) in [7, 11) is 0. The van der Waals surface area contributed by atoms with Crippen LogP contribution in [0.1, 0.15) is 105 Å². The van der Waals surface area contributed by atoms with E-state index in [0.29, 0.717) is 16.9 Å². The van der Waals surface area contributed by atoms with Gasteiger partial charge in [-0.3, -0.25) is 0 Å². The third kappa shape index (κ3) is 4.80. The molecule has 0 aromatic heterocycles. The monoisotopic (exact) mass is 548 g/mol. The summed E-state index contributed by atoms with van der Waals surface area (Å²) in [4.78, 5) is 26.6. The lowest BCUT2D eigenvalue weighted by molar-refractivity contribution is 0.0247. The van der Waals surface area contributed by atoms with E-state index in [9.17, 15) is 14.7 Å². The molecular weight excluding hydrogens is 512 g/mol. The third-order valence-electron chi connectivity index (χ3n) is 7.96. The summed E-state index contributed by atoms with van der Waals surface area (Å²) in [5, 5.41) is 10.8. The number of aromatic hydroxyl groups is 1. The Balaban J connectivity index is 1.76. The van der Waals surface area contributed by atoms with Crippen molar-refractivity contribution in [1.29, 1.82) is 0 Å². The van der Waals surface area contributed by atoms with Gasteiger partial charge in [0.05, 0.1) is 11.1 Å². The number of hydrogen-bond donors (Lipinski definition) is 1. The number of phenols is 1. The number of hydrogen-bond acceptors (Lipinski definition) is 5. The van der Waals surface area contributed by atoms with Crippen molar-refractivity contribution in [3.63, 3.8) is 0 Å². The Labute approximate surface area is 241 Å². The molecule has 4 aromatic rings. The van der Waals surface area contributed by atoms with E-state index in [1.165, 1.54) is 0 Å². The molecule has 0 radical (unpaired) electrons. The van der Waals surface area contributed by atoms with Crippen molar-refractivity contribution in [2.45, 2.75) is 65.9 Å². The average Bonchev–Trinajstić information content (AvgIpc) is 3.21. The quantitative estimate of drug-likeness (QED) is 0.194. The predicted molar refractivity (Wildman–Crippen MR) is 160 cm³/mol. The number of esters is 2. The zero-order chi connectivity index (χ0) is 29.6. The van der Waals surface area contributed by atoms with Crippen LogP contribution in [0.2, 0.25) is 0 Å². The molecule has 4 aromatic carbocycles. The van der Waals surface area contributed by atoms with Crippen molar-refractivity contribution >= 4 is 11.9 Å². The maximum atomic E-state index is 13.4. The van der Waals surface area contributed by atoms with Crippen LogP contribution >= 0.6 is 0 Å². The number of fused-ring (bicyclic) bond motifs is 1. The van der Waals surface area contributed by atoms with E-state index in [1.54, 1.807) is 18.2 Å². The van der Waals surface area contributed by atoms with Crippen molar-refractivity contribution in [1.82, 2.24) is 0 Å². The Morgan fingerprint density at radius 3 is 2.07 bits per heavy atom. The lowest BCUT2D eigenvalue weighted by Gasteiger charge is -2.34. The van der Waals surface area contributed by atoms with E-state index >= 15 is 0 Å². The Morgan fingerprint density at radius 2 is 1.41 bits per heavy atom. The van der Waals surface area contributed by atoms with E-state index in [4.69, 9.17) is 9.47 Å². The SMILES string of the molecule is Cc1cccc(C(=O)Oc2cc(C)c(C3(c4cc(C(C)C)c(O)cc4C)OC(=O)c4ccccc43)cc2C(C)C)c1. The molecule has 0 saturated carbocycles. The number of ether oxygens (including phenoxy) is 2. The number of carbonyl (C=O) groups is 2. The molecule has 0 aliphatic carbocycles. The molecule has 1 N–H and O–H groups in total.